The molecule has 0 aliphatic rings. The maximum Gasteiger partial charge on any atom is 0.573 e. The summed E-state index contributed by atoms with van der Waals surface area (Å²) in [4.78, 5) is 10.3. The van der Waals surface area contributed by atoms with E-state index < -0.39 is 18.1 Å². The first-order valence-corrected chi connectivity index (χ1v) is 5.24. The highest BCUT2D eigenvalue weighted by atomic mass is 79.9. The molecule has 0 aliphatic heterocycles. The topological polar surface area (TPSA) is 72.5 Å². The van der Waals surface area contributed by atoms with E-state index in [1.807, 2.05) is 0 Å². The Hall–Kier alpha value is -1.70. The van der Waals surface area contributed by atoms with Crippen LogP contribution >= 0.6 is 15.9 Å². The van der Waals surface area contributed by atoms with Crippen molar-refractivity contribution in [3.05, 3.63) is 28.2 Å². The van der Waals surface area contributed by atoms with Crippen LogP contribution in [0.3, 0.4) is 0 Å². The maximum atomic E-state index is 12.0. The summed E-state index contributed by atoms with van der Waals surface area (Å²) in [7, 11) is 0. The van der Waals surface area contributed by atoms with Crippen LogP contribution in [0.1, 0.15) is 5.56 Å². The number of aliphatic carboxylic acids is 1. The van der Waals surface area contributed by atoms with Crippen LogP contribution in [0.5, 0.6) is 5.75 Å². The van der Waals surface area contributed by atoms with Gasteiger partial charge in [0.25, 0.3) is 0 Å². The normalized spacial score (nSPS) is 11.8. The number of nitrogens with two attached hydrogens (primary N) is 1. The molecule has 0 heterocycles. The average Bonchev–Trinajstić information content (AvgIpc) is 2.18. The van der Waals surface area contributed by atoms with Crippen molar-refractivity contribution < 1.29 is 27.8 Å². The Bertz CT molecular complexity index is 500. The summed E-state index contributed by atoms with van der Waals surface area (Å²) in [5.74, 6) is -1.69. The van der Waals surface area contributed by atoms with Gasteiger partial charge in [-0.25, -0.2) is 4.79 Å². The number of ether oxygens (including phenoxy) is 1. The quantitative estimate of drug-likeness (QED) is 0.661. The van der Waals surface area contributed by atoms with Crippen LogP contribution in [0.2, 0.25) is 0 Å². The third kappa shape index (κ3) is 4.28. The van der Waals surface area contributed by atoms with Crippen LogP contribution in [0.4, 0.5) is 18.9 Å². The summed E-state index contributed by atoms with van der Waals surface area (Å²) in [6, 6.07) is 2.19. The molecule has 0 atom stereocenters. The van der Waals surface area contributed by atoms with Gasteiger partial charge in [-0.15, -0.1) is 13.2 Å². The number of carboxylic acid groups (broad SMARTS) is 1. The van der Waals surface area contributed by atoms with E-state index in [9.17, 15) is 18.0 Å². The number of hydrogen-bond donors (Lipinski definition) is 2. The van der Waals surface area contributed by atoms with E-state index in [0.717, 1.165) is 12.1 Å². The molecular formula is C10H7BrF3NO3. The van der Waals surface area contributed by atoms with Gasteiger partial charge in [0.1, 0.15) is 5.75 Å². The lowest BCUT2D eigenvalue weighted by atomic mass is 10.1. The van der Waals surface area contributed by atoms with E-state index in [-0.39, 0.29) is 15.7 Å². The first kappa shape index (κ1) is 14.4. The molecular weight excluding hydrogens is 319 g/mol. The molecule has 0 saturated heterocycles. The molecule has 0 spiro atoms. The Balaban J connectivity index is 3.08. The fourth-order valence-electron chi connectivity index (χ4n) is 1.09. The third-order valence-electron chi connectivity index (χ3n) is 1.77. The fraction of sp³-hybridized carbons (Fsp3) is 0.100. The number of alkyl halides is 3. The van der Waals surface area contributed by atoms with Gasteiger partial charge >= 0.3 is 12.3 Å². The van der Waals surface area contributed by atoms with Crippen molar-refractivity contribution in [2.24, 2.45) is 0 Å². The molecule has 0 radical (unpaired) electrons. The Labute approximate surface area is 108 Å². The first-order chi connectivity index (χ1) is 8.19. The second-order valence-corrected chi connectivity index (χ2v) is 3.99. The van der Waals surface area contributed by atoms with Crippen molar-refractivity contribution in [1.82, 2.24) is 0 Å². The van der Waals surface area contributed by atoms with Crippen LogP contribution in [0.25, 0.3) is 6.08 Å². The van der Waals surface area contributed by atoms with Gasteiger partial charge in [-0.05, 0) is 33.6 Å². The highest BCUT2D eigenvalue weighted by Gasteiger charge is 2.32. The lowest BCUT2D eigenvalue weighted by molar-refractivity contribution is -0.274. The molecule has 1 rings (SSSR count). The molecule has 1 aromatic rings. The van der Waals surface area contributed by atoms with Gasteiger partial charge in [-0.3, -0.25) is 0 Å². The molecule has 0 bridgehead atoms. The van der Waals surface area contributed by atoms with Gasteiger partial charge < -0.3 is 15.6 Å². The molecule has 4 nitrogen and oxygen atoms in total. The zero-order valence-corrected chi connectivity index (χ0v) is 10.2. The predicted molar refractivity (Wildman–Crippen MR) is 61.9 cm³/mol. The fourth-order valence-corrected chi connectivity index (χ4v) is 1.53. The van der Waals surface area contributed by atoms with E-state index >= 15 is 0 Å². The summed E-state index contributed by atoms with van der Waals surface area (Å²) >= 11 is 2.88. The lowest BCUT2D eigenvalue weighted by Crippen LogP contribution is -2.17. The van der Waals surface area contributed by atoms with Gasteiger partial charge in [-0.2, -0.15) is 0 Å². The number of carboxylic acids is 1. The number of hydrogen-bond acceptors (Lipinski definition) is 3. The minimum Gasteiger partial charge on any atom is -0.478 e. The summed E-state index contributed by atoms with van der Waals surface area (Å²) in [5.41, 5.74) is 5.71. The van der Waals surface area contributed by atoms with Gasteiger partial charge in [0, 0.05) is 17.8 Å². The second-order valence-electron chi connectivity index (χ2n) is 3.13. The summed E-state index contributed by atoms with van der Waals surface area (Å²) in [5, 5.41) is 8.43. The Morgan fingerprint density at radius 3 is 2.56 bits per heavy atom. The van der Waals surface area contributed by atoms with E-state index in [0.29, 0.717) is 0 Å². The molecule has 98 valence electrons. The van der Waals surface area contributed by atoms with Gasteiger partial charge in [0.2, 0.25) is 0 Å². The van der Waals surface area contributed by atoms with Crippen molar-refractivity contribution in [1.29, 1.82) is 0 Å². The number of nitrogen functional groups attached to an aromatic ring is 1. The van der Waals surface area contributed by atoms with E-state index in [1.165, 1.54) is 12.1 Å². The monoisotopic (exact) mass is 325 g/mol. The van der Waals surface area contributed by atoms with Crippen molar-refractivity contribution >= 4 is 33.7 Å². The summed E-state index contributed by atoms with van der Waals surface area (Å²) in [6.45, 7) is 0. The van der Waals surface area contributed by atoms with E-state index in [4.69, 9.17) is 10.8 Å². The van der Waals surface area contributed by atoms with Crippen LogP contribution in [0, 0.1) is 0 Å². The van der Waals surface area contributed by atoms with Crippen molar-refractivity contribution in [3.8, 4) is 5.75 Å². The highest BCUT2D eigenvalue weighted by molar-refractivity contribution is 9.10. The van der Waals surface area contributed by atoms with Crippen LogP contribution in [0.15, 0.2) is 22.7 Å². The van der Waals surface area contributed by atoms with Crippen molar-refractivity contribution in [2.75, 3.05) is 5.73 Å². The van der Waals surface area contributed by atoms with Gasteiger partial charge in [-0.1, -0.05) is 0 Å². The molecule has 3 N–H and O–H groups in total. The Kier molecular flexibility index (Phi) is 4.23. The zero-order valence-electron chi connectivity index (χ0n) is 8.66. The Morgan fingerprint density at radius 2 is 2.06 bits per heavy atom. The smallest absolute Gasteiger partial charge is 0.478 e. The lowest BCUT2D eigenvalue weighted by Gasteiger charge is -2.12. The molecule has 18 heavy (non-hydrogen) atoms. The SMILES string of the molecule is Nc1cc(OC(F)(F)F)c(Br)cc1/C=C/C(=O)O. The highest BCUT2D eigenvalue weighted by Crippen LogP contribution is 2.34. The van der Waals surface area contributed by atoms with Crippen LogP contribution in [-0.4, -0.2) is 17.4 Å². The average molecular weight is 326 g/mol. The molecule has 0 aromatic heterocycles. The number of anilines is 1. The van der Waals surface area contributed by atoms with E-state index in [2.05, 4.69) is 20.7 Å². The van der Waals surface area contributed by atoms with Gasteiger partial charge in [0.05, 0.1) is 4.47 Å². The molecule has 0 saturated carbocycles. The Morgan fingerprint density at radius 1 is 1.44 bits per heavy atom. The third-order valence-corrected chi connectivity index (χ3v) is 2.39. The molecule has 8 heteroatoms. The number of benzene rings is 1. The van der Waals surface area contributed by atoms with Gasteiger partial charge in [0.15, 0.2) is 0 Å². The second kappa shape index (κ2) is 5.30. The number of halogens is 4. The zero-order chi connectivity index (χ0) is 13.9. The summed E-state index contributed by atoms with van der Waals surface area (Å²) < 4.78 is 39.8. The molecule has 0 fully saturated rings. The van der Waals surface area contributed by atoms with Crippen LogP contribution in [-0.2, 0) is 4.79 Å². The molecule has 0 unspecified atom stereocenters. The predicted octanol–water partition coefficient (Wildman–Crippen LogP) is 3.03. The van der Waals surface area contributed by atoms with Crippen LogP contribution < -0.4 is 10.5 Å². The number of rotatable bonds is 3. The minimum absolute atomic E-state index is 0.0130. The largest absolute Gasteiger partial charge is 0.573 e. The minimum atomic E-state index is -4.83. The molecule has 0 aliphatic carbocycles. The first-order valence-electron chi connectivity index (χ1n) is 4.45. The van der Waals surface area contributed by atoms with E-state index in [1.54, 1.807) is 0 Å². The van der Waals surface area contributed by atoms with Crippen molar-refractivity contribution in [3.63, 3.8) is 0 Å². The van der Waals surface area contributed by atoms with Crippen molar-refractivity contribution in [2.45, 2.75) is 6.36 Å². The molecule has 1 aromatic carbocycles. The standard InChI is InChI=1S/C10H7BrF3NO3/c11-6-3-5(1-2-9(16)17)7(15)4-8(6)18-10(12,13)14/h1-4H,15H2,(H,16,17)/b2-1+. The molecule has 0 amide bonds. The maximum absolute atomic E-state index is 12.0. The number of carbonyl (C=O) groups is 1. The summed E-state index contributed by atoms with van der Waals surface area (Å²) in [6.07, 6.45) is -2.84.